The number of alkyl carbamates (subject to hydrolysis) is 2. The molecule has 1 aliphatic rings. The molecule has 1 saturated heterocycles. The SMILES string of the molecule is [2H][N+]1(C(=O)OC(C)(C)C)CCCC(O)C1. The number of ether oxygens (including phenoxy) is 1. The molecular formula is C10H20NO3+. The molecule has 0 bridgehead atoms. The molecule has 2 N–H and O–H groups in total. The van der Waals surface area contributed by atoms with Gasteiger partial charge in [0.2, 0.25) is 0 Å². The lowest BCUT2D eigenvalue weighted by molar-refractivity contribution is -0.834. The van der Waals surface area contributed by atoms with E-state index in [-0.39, 0.29) is 6.54 Å². The third-order valence-electron chi connectivity index (χ3n) is 2.05. The fraction of sp³-hybridized carbons (Fsp3) is 0.900. The molecule has 1 amide bonds. The van der Waals surface area contributed by atoms with Crippen molar-refractivity contribution < 1.29 is 20.9 Å². The number of hydrogen-bond donors (Lipinski definition) is 2. The van der Waals surface area contributed by atoms with E-state index in [0.29, 0.717) is 19.4 Å². The number of carbonyl (C=O) groups is 1. The lowest BCUT2D eigenvalue weighted by Crippen LogP contribution is -3.16. The summed E-state index contributed by atoms with van der Waals surface area (Å²) in [6.45, 7) is 5.88. The molecule has 0 saturated carbocycles. The Balaban J connectivity index is 2.64. The average molecular weight is 203 g/mol. The zero-order chi connectivity index (χ0) is 11.7. The second-order valence-electron chi connectivity index (χ2n) is 4.72. The summed E-state index contributed by atoms with van der Waals surface area (Å²) >= 11 is 0. The number of aliphatic hydroxyl groups is 1. The van der Waals surface area contributed by atoms with Gasteiger partial charge >= 0.3 is 7.51 Å². The molecule has 82 valence electrons. The number of rotatable bonds is 0. The maximum absolute atomic E-state index is 11.7. The summed E-state index contributed by atoms with van der Waals surface area (Å²) in [7, 11) is 0. The summed E-state index contributed by atoms with van der Waals surface area (Å²) in [5.74, 6) is 0. The summed E-state index contributed by atoms with van der Waals surface area (Å²) in [5.41, 5.74) is -0.578. The Morgan fingerprint density at radius 1 is 1.64 bits per heavy atom. The van der Waals surface area contributed by atoms with Crippen LogP contribution in [0.1, 0.15) is 33.6 Å². The third kappa shape index (κ3) is 3.64. The average Bonchev–Trinajstić information content (AvgIpc) is 2.00. The monoisotopic (exact) mass is 203 g/mol. The van der Waals surface area contributed by atoms with Crippen molar-refractivity contribution in [3.8, 4) is 0 Å². The minimum absolute atomic E-state index is 0.134. The van der Waals surface area contributed by atoms with E-state index in [1.165, 1.54) is 0 Å². The van der Waals surface area contributed by atoms with Gasteiger partial charge < -0.3 is 9.84 Å². The molecule has 0 aliphatic carbocycles. The molecule has 1 aliphatic heterocycles. The lowest BCUT2D eigenvalue weighted by Gasteiger charge is -2.27. The van der Waals surface area contributed by atoms with E-state index in [1.54, 1.807) is 20.8 Å². The summed E-state index contributed by atoms with van der Waals surface area (Å²) < 4.78 is 13.1. The summed E-state index contributed by atoms with van der Waals surface area (Å²) in [4.78, 5) is 11.2. The van der Waals surface area contributed by atoms with Gasteiger partial charge in [0.15, 0.2) is 0 Å². The van der Waals surface area contributed by atoms with Crippen molar-refractivity contribution >= 4 is 6.09 Å². The Kier molecular flexibility index (Phi) is 3.03. The number of likely N-dealkylation sites (tertiary alicyclic amines) is 1. The molecule has 4 heteroatoms. The molecule has 2 atom stereocenters. The van der Waals surface area contributed by atoms with Crippen molar-refractivity contribution in [3.05, 3.63) is 0 Å². The molecule has 2 unspecified atom stereocenters. The molecule has 1 rings (SSSR count). The van der Waals surface area contributed by atoms with Crippen LogP contribution < -0.4 is 4.89 Å². The van der Waals surface area contributed by atoms with E-state index in [0.717, 1.165) is 0 Å². The van der Waals surface area contributed by atoms with E-state index in [9.17, 15) is 9.90 Å². The molecular weight excluding hydrogens is 182 g/mol. The van der Waals surface area contributed by atoms with Gasteiger partial charge in [-0.25, -0.2) is 4.89 Å². The fourth-order valence-electron chi connectivity index (χ4n) is 1.45. The van der Waals surface area contributed by atoms with Crippen molar-refractivity contribution in [2.75, 3.05) is 13.1 Å². The molecule has 1 heterocycles. The van der Waals surface area contributed by atoms with E-state index < -0.39 is 22.7 Å². The van der Waals surface area contributed by atoms with Gasteiger partial charge in [0, 0.05) is 0 Å². The second-order valence-corrected chi connectivity index (χ2v) is 4.72. The van der Waals surface area contributed by atoms with Crippen molar-refractivity contribution in [2.45, 2.75) is 45.3 Å². The van der Waals surface area contributed by atoms with E-state index >= 15 is 0 Å². The predicted molar refractivity (Wildman–Crippen MR) is 52.2 cm³/mol. The molecule has 0 spiro atoms. The minimum atomic E-state index is -0.578. The Labute approximate surface area is 86.3 Å². The highest BCUT2D eigenvalue weighted by Gasteiger charge is 2.31. The molecule has 0 aromatic heterocycles. The smallest absolute Gasteiger partial charge is 0.414 e. The Morgan fingerprint density at radius 2 is 2.29 bits per heavy atom. The van der Waals surface area contributed by atoms with Crippen LogP contribution in [-0.4, -0.2) is 36.0 Å². The molecule has 1 fully saturated rings. The molecule has 0 aromatic rings. The van der Waals surface area contributed by atoms with Crippen LogP contribution in [0.2, 0.25) is 1.41 Å². The molecule has 14 heavy (non-hydrogen) atoms. The van der Waals surface area contributed by atoms with Crippen LogP contribution in [0.5, 0.6) is 0 Å². The van der Waals surface area contributed by atoms with Crippen molar-refractivity contribution in [1.82, 2.24) is 0 Å². The van der Waals surface area contributed by atoms with Gasteiger partial charge in [-0.3, -0.25) is 0 Å². The fourth-order valence-corrected chi connectivity index (χ4v) is 1.45. The van der Waals surface area contributed by atoms with Crippen LogP contribution in [-0.2, 0) is 4.74 Å². The van der Waals surface area contributed by atoms with Crippen molar-refractivity contribution in [2.24, 2.45) is 0 Å². The second kappa shape index (κ2) is 4.28. The summed E-state index contributed by atoms with van der Waals surface area (Å²) in [6, 6.07) is 0. The van der Waals surface area contributed by atoms with E-state index in [1.807, 2.05) is 0 Å². The standard InChI is InChI=1S/C10H19NO3/c1-10(2,3)14-9(13)11-6-4-5-8(12)7-11/h8,12H,4-7H2,1-3H3/p+1/i/hD. The largest absolute Gasteiger partial charge is 0.514 e. The van der Waals surface area contributed by atoms with Crippen molar-refractivity contribution in [3.63, 3.8) is 0 Å². The predicted octanol–water partition coefficient (Wildman–Crippen LogP) is -0.0389. The van der Waals surface area contributed by atoms with E-state index in [2.05, 4.69) is 0 Å². The number of piperidine rings is 1. The molecule has 0 radical (unpaired) electrons. The van der Waals surface area contributed by atoms with Crippen LogP contribution >= 0.6 is 0 Å². The van der Waals surface area contributed by atoms with Gasteiger partial charge in [-0.05, 0) is 33.6 Å². The zero-order valence-corrected chi connectivity index (χ0v) is 9.12. The van der Waals surface area contributed by atoms with Crippen LogP contribution in [0.15, 0.2) is 0 Å². The molecule has 0 aromatic carbocycles. The number of amides is 1. The van der Waals surface area contributed by atoms with Gasteiger partial charge in [0.05, 0.1) is 6.54 Å². The quantitative estimate of drug-likeness (QED) is 0.581. The third-order valence-corrected chi connectivity index (χ3v) is 2.05. The number of quaternary nitrogens is 1. The number of nitrogens with one attached hydrogen (secondary N) is 1. The van der Waals surface area contributed by atoms with Gasteiger partial charge in [0.25, 0.3) is 0 Å². The summed E-state index contributed by atoms with van der Waals surface area (Å²) in [5, 5.41) is 9.45. The Bertz CT molecular complexity index is 252. The topological polar surface area (TPSA) is 51.0 Å². The number of carbonyl (C=O) groups excluding carboxylic acids is 1. The lowest BCUT2D eigenvalue weighted by atomic mass is 10.1. The van der Waals surface area contributed by atoms with Crippen LogP contribution in [0, 0.1) is 0 Å². The molecule has 4 nitrogen and oxygen atoms in total. The van der Waals surface area contributed by atoms with Crippen LogP contribution in [0.25, 0.3) is 0 Å². The van der Waals surface area contributed by atoms with Gasteiger partial charge in [-0.15, -0.1) is 0 Å². The van der Waals surface area contributed by atoms with E-state index in [4.69, 9.17) is 6.15 Å². The van der Waals surface area contributed by atoms with Gasteiger partial charge in [-0.2, -0.15) is 4.79 Å². The first-order chi connectivity index (χ1) is 6.73. The highest BCUT2D eigenvalue weighted by atomic mass is 16.6. The highest BCUT2D eigenvalue weighted by Crippen LogP contribution is 2.06. The highest BCUT2D eigenvalue weighted by molar-refractivity contribution is 5.57. The zero-order valence-electron chi connectivity index (χ0n) is 10.1. The van der Waals surface area contributed by atoms with Gasteiger partial charge in [0.1, 0.15) is 18.2 Å². The normalized spacial score (nSPS) is 34.9. The minimum Gasteiger partial charge on any atom is -0.414 e. The maximum Gasteiger partial charge on any atom is 0.514 e. The van der Waals surface area contributed by atoms with Crippen molar-refractivity contribution in [1.29, 1.82) is 0 Å². The number of hydrogen-bond acceptors (Lipinski definition) is 3. The number of aliphatic hydroxyl groups excluding tert-OH is 1. The van der Waals surface area contributed by atoms with Gasteiger partial charge in [-0.1, -0.05) is 0 Å². The van der Waals surface area contributed by atoms with Crippen LogP contribution in [0.3, 0.4) is 0 Å². The first-order valence-electron chi connectivity index (χ1n) is 5.49. The Morgan fingerprint density at radius 3 is 2.79 bits per heavy atom. The Hall–Kier alpha value is -0.610. The summed E-state index contributed by atoms with van der Waals surface area (Å²) in [6.07, 6.45) is 0.219. The van der Waals surface area contributed by atoms with Crippen LogP contribution in [0.4, 0.5) is 4.79 Å². The first-order valence-corrected chi connectivity index (χ1v) is 5.04. The maximum atomic E-state index is 11.7. The first kappa shape index (κ1) is 9.93.